The molecule has 2 N–H and O–H groups in total. The zero-order valence-electron chi connectivity index (χ0n) is 11.4. The number of hydrogen-bond donors (Lipinski definition) is 2. The first-order chi connectivity index (χ1) is 10.2. The van der Waals surface area contributed by atoms with Crippen LogP contribution in [0.15, 0.2) is 24.3 Å². The van der Waals surface area contributed by atoms with E-state index in [1.165, 1.54) is 24.3 Å². The maximum atomic E-state index is 12.0. The van der Waals surface area contributed by atoms with Crippen LogP contribution in [0.1, 0.15) is 24.8 Å². The van der Waals surface area contributed by atoms with Crippen LogP contribution in [0.4, 0.5) is 13.2 Å². The number of benzene rings is 1. The fourth-order valence-electron chi connectivity index (χ4n) is 1.96. The van der Waals surface area contributed by atoms with Gasteiger partial charge in [-0.15, -0.1) is 13.2 Å². The number of halogens is 3. The molecule has 1 aliphatic rings. The van der Waals surface area contributed by atoms with Gasteiger partial charge in [0.05, 0.1) is 0 Å². The number of carbonyl (C=O) groups is 2. The van der Waals surface area contributed by atoms with E-state index in [0.717, 1.165) is 0 Å². The van der Waals surface area contributed by atoms with Gasteiger partial charge in [-0.25, -0.2) is 4.79 Å². The highest BCUT2D eigenvalue weighted by atomic mass is 19.4. The molecule has 1 saturated carbocycles. The third-order valence-electron chi connectivity index (χ3n) is 3.34. The van der Waals surface area contributed by atoms with Crippen molar-refractivity contribution in [2.45, 2.75) is 37.6 Å². The molecule has 8 heteroatoms. The van der Waals surface area contributed by atoms with Gasteiger partial charge in [0.2, 0.25) is 5.91 Å². The Morgan fingerprint density at radius 1 is 1.23 bits per heavy atom. The Kier molecular flexibility index (Phi) is 4.30. The number of aliphatic carboxylic acids is 1. The van der Waals surface area contributed by atoms with Crippen molar-refractivity contribution in [3.63, 3.8) is 0 Å². The lowest BCUT2D eigenvalue weighted by molar-refractivity contribution is -0.274. The van der Waals surface area contributed by atoms with Crippen LogP contribution in [-0.2, 0) is 16.0 Å². The summed E-state index contributed by atoms with van der Waals surface area (Å²) in [6, 6.07) is 5.19. The zero-order chi connectivity index (χ0) is 16.4. The Morgan fingerprint density at radius 3 is 2.27 bits per heavy atom. The minimum Gasteiger partial charge on any atom is -0.480 e. The number of carboxylic acids is 1. The summed E-state index contributed by atoms with van der Waals surface area (Å²) in [4.78, 5) is 22.6. The first-order valence-electron chi connectivity index (χ1n) is 6.59. The molecule has 0 atom stereocenters. The van der Waals surface area contributed by atoms with Gasteiger partial charge in [0, 0.05) is 6.42 Å². The highest BCUT2D eigenvalue weighted by molar-refractivity contribution is 5.89. The Balaban J connectivity index is 1.82. The van der Waals surface area contributed by atoms with Crippen LogP contribution < -0.4 is 10.1 Å². The predicted molar refractivity (Wildman–Crippen MR) is 69.2 cm³/mol. The van der Waals surface area contributed by atoms with Crippen LogP contribution >= 0.6 is 0 Å². The van der Waals surface area contributed by atoms with Crippen molar-refractivity contribution in [3.05, 3.63) is 29.8 Å². The summed E-state index contributed by atoms with van der Waals surface area (Å²) < 4.78 is 39.7. The van der Waals surface area contributed by atoms with Gasteiger partial charge in [-0.2, -0.15) is 0 Å². The van der Waals surface area contributed by atoms with E-state index >= 15 is 0 Å². The van der Waals surface area contributed by atoms with Gasteiger partial charge in [-0.1, -0.05) is 12.1 Å². The summed E-state index contributed by atoms with van der Waals surface area (Å²) in [7, 11) is 0. The lowest BCUT2D eigenvalue weighted by Crippen LogP contribution is -2.43. The van der Waals surface area contributed by atoms with Gasteiger partial charge in [0.25, 0.3) is 0 Å². The molecule has 0 heterocycles. The van der Waals surface area contributed by atoms with Gasteiger partial charge in [0.15, 0.2) is 0 Å². The van der Waals surface area contributed by atoms with E-state index in [9.17, 15) is 22.8 Å². The quantitative estimate of drug-likeness (QED) is 0.844. The monoisotopic (exact) mass is 317 g/mol. The Labute approximate surface area is 124 Å². The number of hydrogen-bond acceptors (Lipinski definition) is 3. The van der Waals surface area contributed by atoms with Crippen molar-refractivity contribution in [1.29, 1.82) is 0 Å². The third-order valence-corrected chi connectivity index (χ3v) is 3.34. The van der Waals surface area contributed by atoms with Gasteiger partial charge in [0.1, 0.15) is 11.3 Å². The van der Waals surface area contributed by atoms with E-state index in [1.807, 2.05) is 0 Å². The highest BCUT2D eigenvalue weighted by Crippen LogP contribution is 2.35. The maximum absolute atomic E-state index is 12.0. The van der Waals surface area contributed by atoms with E-state index in [1.54, 1.807) is 0 Å². The van der Waals surface area contributed by atoms with Gasteiger partial charge < -0.3 is 15.2 Å². The second-order valence-corrected chi connectivity index (χ2v) is 5.13. The molecular weight excluding hydrogens is 303 g/mol. The number of nitrogens with one attached hydrogen (secondary N) is 1. The van der Waals surface area contributed by atoms with Crippen LogP contribution in [0.25, 0.3) is 0 Å². The number of amides is 1. The molecule has 1 aromatic rings. The fourth-order valence-corrected chi connectivity index (χ4v) is 1.96. The minimum absolute atomic E-state index is 0.0640. The molecule has 0 aliphatic heterocycles. The van der Waals surface area contributed by atoms with E-state index in [2.05, 4.69) is 10.1 Å². The third kappa shape index (κ3) is 4.37. The molecule has 1 aliphatic carbocycles. The molecule has 0 radical (unpaired) electrons. The van der Waals surface area contributed by atoms with Crippen molar-refractivity contribution in [2.75, 3.05) is 0 Å². The van der Waals surface area contributed by atoms with E-state index in [-0.39, 0.29) is 12.2 Å². The molecule has 0 unspecified atom stereocenters. The Bertz CT molecular complexity index is 564. The summed E-state index contributed by atoms with van der Waals surface area (Å²) in [6.45, 7) is 0. The molecule has 0 aromatic heterocycles. The average Bonchev–Trinajstić information content (AvgIpc) is 3.17. The summed E-state index contributed by atoms with van der Waals surface area (Å²) in [5.41, 5.74) is -0.466. The van der Waals surface area contributed by atoms with E-state index in [0.29, 0.717) is 24.8 Å². The minimum atomic E-state index is -4.74. The Hall–Kier alpha value is -2.25. The summed E-state index contributed by atoms with van der Waals surface area (Å²) in [6.07, 6.45) is -3.55. The molecule has 0 bridgehead atoms. The first-order valence-corrected chi connectivity index (χ1v) is 6.59. The molecule has 1 amide bonds. The maximum Gasteiger partial charge on any atom is 0.573 e. The molecule has 1 fully saturated rings. The van der Waals surface area contributed by atoms with Crippen molar-refractivity contribution < 1.29 is 32.6 Å². The van der Waals surface area contributed by atoms with Crippen molar-refractivity contribution in [1.82, 2.24) is 5.32 Å². The second-order valence-electron chi connectivity index (χ2n) is 5.13. The lowest BCUT2D eigenvalue weighted by atomic mass is 10.1. The van der Waals surface area contributed by atoms with E-state index in [4.69, 9.17) is 5.11 Å². The standard InChI is InChI=1S/C14H14F3NO4/c15-14(16,17)22-10-4-1-9(2-5-10)3-6-11(19)18-13(7-8-13)12(20)21/h1-2,4-5H,3,6-8H2,(H,18,19)(H,20,21). The van der Waals surface area contributed by atoms with Crippen molar-refractivity contribution in [3.8, 4) is 5.75 Å². The smallest absolute Gasteiger partial charge is 0.480 e. The number of ether oxygens (including phenoxy) is 1. The SMILES string of the molecule is O=C(CCc1ccc(OC(F)(F)F)cc1)NC1(C(=O)O)CC1. The predicted octanol–water partition coefficient (Wildman–Crippen LogP) is 2.25. The highest BCUT2D eigenvalue weighted by Gasteiger charge is 2.51. The summed E-state index contributed by atoms with van der Waals surface area (Å²) in [5.74, 6) is -1.77. The fraction of sp³-hybridized carbons (Fsp3) is 0.429. The van der Waals surface area contributed by atoms with E-state index < -0.39 is 23.8 Å². The normalized spacial score (nSPS) is 16.0. The summed E-state index contributed by atoms with van der Waals surface area (Å²) in [5, 5.41) is 11.4. The molecule has 120 valence electrons. The number of rotatable bonds is 6. The molecule has 22 heavy (non-hydrogen) atoms. The van der Waals surface area contributed by atoms with Gasteiger partial charge in [-0.05, 0) is 37.0 Å². The van der Waals surface area contributed by atoms with Crippen LogP contribution in [0.5, 0.6) is 5.75 Å². The zero-order valence-corrected chi connectivity index (χ0v) is 11.4. The molecule has 5 nitrogen and oxygen atoms in total. The topological polar surface area (TPSA) is 75.6 Å². The number of carboxylic acid groups (broad SMARTS) is 1. The van der Waals surface area contributed by atoms with Crippen molar-refractivity contribution in [2.24, 2.45) is 0 Å². The second kappa shape index (κ2) is 5.86. The van der Waals surface area contributed by atoms with Crippen LogP contribution in [-0.4, -0.2) is 28.9 Å². The Morgan fingerprint density at radius 2 is 1.82 bits per heavy atom. The van der Waals surface area contributed by atoms with Crippen LogP contribution in [0.3, 0.4) is 0 Å². The molecular formula is C14H14F3NO4. The average molecular weight is 317 g/mol. The van der Waals surface area contributed by atoms with Crippen molar-refractivity contribution >= 4 is 11.9 Å². The molecule has 2 rings (SSSR count). The largest absolute Gasteiger partial charge is 0.573 e. The van der Waals surface area contributed by atoms with Crippen LogP contribution in [0, 0.1) is 0 Å². The molecule has 0 saturated heterocycles. The number of aryl methyl sites for hydroxylation is 1. The van der Waals surface area contributed by atoms with Gasteiger partial charge in [-0.3, -0.25) is 4.79 Å². The molecule has 0 spiro atoms. The lowest BCUT2D eigenvalue weighted by Gasteiger charge is -2.12. The summed E-state index contributed by atoms with van der Waals surface area (Å²) >= 11 is 0. The number of alkyl halides is 3. The van der Waals surface area contributed by atoms with Crippen LogP contribution in [0.2, 0.25) is 0 Å². The molecule has 1 aromatic carbocycles. The number of carbonyl (C=O) groups excluding carboxylic acids is 1. The van der Waals surface area contributed by atoms with Gasteiger partial charge >= 0.3 is 12.3 Å². The first kappa shape index (κ1) is 16.1.